The molecule has 49 heavy (non-hydrogen) atoms. The SMILES string of the molecule is CCCCC/C=C\CCCCCCCCOCC(COP(=O)(O)OCC(N)C(=O)O)OC(=O)CCCCCCCCCCCCCCCC. The normalized spacial score (nSPS) is 14.2. The highest BCUT2D eigenvalue weighted by Gasteiger charge is 2.27. The molecule has 0 aliphatic heterocycles. The number of hydrogen-bond acceptors (Lipinski definition) is 8. The number of rotatable bonds is 38. The van der Waals surface area contributed by atoms with E-state index in [1.165, 1.54) is 116 Å². The van der Waals surface area contributed by atoms with E-state index in [0.29, 0.717) is 6.61 Å². The molecule has 0 heterocycles. The fourth-order valence-electron chi connectivity index (χ4n) is 5.42. The molecule has 0 spiro atoms. The summed E-state index contributed by atoms with van der Waals surface area (Å²) in [5.41, 5.74) is 5.34. The zero-order valence-corrected chi connectivity index (χ0v) is 32.2. The summed E-state index contributed by atoms with van der Waals surface area (Å²) in [5, 5.41) is 8.86. The molecule has 11 heteroatoms. The van der Waals surface area contributed by atoms with Crippen LogP contribution in [0.3, 0.4) is 0 Å². The first-order valence-corrected chi connectivity index (χ1v) is 21.2. The lowest BCUT2D eigenvalue weighted by Crippen LogP contribution is -2.34. The predicted octanol–water partition coefficient (Wildman–Crippen LogP) is 10.2. The third-order valence-electron chi connectivity index (χ3n) is 8.54. The van der Waals surface area contributed by atoms with E-state index in [1.54, 1.807) is 0 Å². The molecule has 0 aromatic rings. The van der Waals surface area contributed by atoms with E-state index in [1.807, 2.05) is 0 Å². The van der Waals surface area contributed by atoms with Crippen LogP contribution in [-0.4, -0.2) is 60.5 Å². The second kappa shape index (κ2) is 35.1. The number of carbonyl (C=O) groups excluding carboxylic acids is 1. The minimum absolute atomic E-state index is 0.0176. The van der Waals surface area contributed by atoms with Gasteiger partial charge in [-0.05, 0) is 38.5 Å². The zero-order valence-electron chi connectivity index (χ0n) is 31.3. The summed E-state index contributed by atoms with van der Waals surface area (Å²) in [7, 11) is -4.60. The van der Waals surface area contributed by atoms with Gasteiger partial charge in [0.2, 0.25) is 0 Å². The smallest absolute Gasteiger partial charge is 0.472 e. The van der Waals surface area contributed by atoms with Crippen LogP contribution in [0.5, 0.6) is 0 Å². The van der Waals surface area contributed by atoms with Crippen LogP contribution in [0.1, 0.15) is 181 Å². The van der Waals surface area contributed by atoms with Crippen molar-refractivity contribution in [1.82, 2.24) is 0 Å². The molecule has 4 N–H and O–H groups in total. The number of unbranched alkanes of at least 4 members (excludes halogenated alkanes) is 22. The van der Waals surface area contributed by atoms with Gasteiger partial charge in [-0.2, -0.15) is 0 Å². The summed E-state index contributed by atoms with van der Waals surface area (Å²) in [6.45, 7) is 3.85. The van der Waals surface area contributed by atoms with Gasteiger partial charge in [0.25, 0.3) is 0 Å². The van der Waals surface area contributed by atoms with Crippen LogP contribution in [0.25, 0.3) is 0 Å². The fraction of sp³-hybridized carbons (Fsp3) is 0.895. The highest BCUT2D eigenvalue weighted by Crippen LogP contribution is 2.43. The van der Waals surface area contributed by atoms with Gasteiger partial charge in [-0.15, -0.1) is 0 Å². The number of esters is 1. The number of phosphoric ester groups is 1. The quantitative estimate of drug-likeness (QED) is 0.0243. The van der Waals surface area contributed by atoms with Gasteiger partial charge in [-0.25, -0.2) is 4.57 Å². The first-order chi connectivity index (χ1) is 23.7. The second-order valence-electron chi connectivity index (χ2n) is 13.4. The van der Waals surface area contributed by atoms with Gasteiger partial charge < -0.3 is 25.2 Å². The Hall–Kier alpha value is -1.29. The Morgan fingerprint density at radius 2 is 1.06 bits per heavy atom. The number of hydrogen-bond donors (Lipinski definition) is 3. The highest BCUT2D eigenvalue weighted by molar-refractivity contribution is 7.47. The van der Waals surface area contributed by atoms with Gasteiger partial charge >= 0.3 is 19.8 Å². The van der Waals surface area contributed by atoms with Gasteiger partial charge in [0.05, 0.1) is 19.8 Å². The average molecular weight is 720 g/mol. The lowest BCUT2D eigenvalue weighted by Gasteiger charge is -2.20. The first-order valence-electron chi connectivity index (χ1n) is 19.7. The number of ether oxygens (including phenoxy) is 2. The Morgan fingerprint density at radius 1 is 0.633 bits per heavy atom. The standard InChI is InChI=1S/C38H74NO9P/c1-3-5-7-9-11-13-15-17-18-20-22-24-26-28-30-37(40)48-35(33-46-49(43,44)47-34-36(39)38(41)42)32-45-31-29-27-25-23-21-19-16-14-12-10-8-6-4-2/h12,14,35-36H,3-11,13,15-34,39H2,1-2H3,(H,41,42)(H,43,44)/b14-12-. The van der Waals surface area contributed by atoms with E-state index in [4.69, 9.17) is 29.4 Å². The van der Waals surface area contributed by atoms with Crippen molar-refractivity contribution in [3.63, 3.8) is 0 Å². The summed E-state index contributed by atoms with van der Waals surface area (Å²) < 4.78 is 33.2. The topological polar surface area (TPSA) is 155 Å². The summed E-state index contributed by atoms with van der Waals surface area (Å²) in [4.78, 5) is 33.4. The molecular formula is C38H74NO9P. The summed E-state index contributed by atoms with van der Waals surface area (Å²) in [6.07, 6.45) is 34.0. The van der Waals surface area contributed by atoms with E-state index in [0.717, 1.165) is 44.9 Å². The summed E-state index contributed by atoms with van der Waals surface area (Å²) in [6, 6.07) is -1.47. The van der Waals surface area contributed by atoms with Gasteiger partial charge in [-0.3, -0.25) is 18.6 Å². The first kappa shape index (κ1) is 47.7. The van der Waals surface area contributed by atoms with Crippen molar-refractivity contribution in [3.05, 3.63) is 12.2 Å². The van der Waals surface area contributed by atoms with Crippen molar-refractivity contribution in [1.29, 1.82) is 0 Å². The predicted molar refractivity (Wildman–Crippen MR) is 199 cm³/mol. The van der Waals surface area contributed by atoms with Crippen molar-refractivity contribution in [2.75, 3.05) is 26.4 Å². The molecule has 3 atom stereocenters. The highest BCUT2D eigenvalue weighted by atomic mass is 31.2. The zero-order chi connectivity index (χ0) is 36.3. The molecule has 0 saturated carbocycles. The number of phosphoric acid groups is 1. The van der Waals surface area contributed by atoms with Crippen molar-refractivity contribution < 1.29 is 42.7 Å². The maximum atomic E-state index is 12.6. The molecule has 0 bridgehead atoms. The minimum Gasteiger partial charge on any atom is -0.480 e. The molecule has 0 amide bonds. The van der Waals surface area contributed by atoms with Crippen molar-refractivity contribution in [2.24, 2.45) is 5.73 Å². The largest absolute Gasteiger partial charge is 0.480 e. The lowest BCUT2D eigenvalue weighted by atomic mass is 10.0. The molecule has 0 radical (unpaired) electrons. The van der Waals surface area contributed by atoms with Gasteiger partial charge in [0, 0.05) is 13.0 Å². The van der Waals surface area contributed by atoms with Crippen LogP contribution in [0.4, 0.5) is 0 Å². The Labute approximate surface area is 299 Å². The molecule has 290 valence electrons. The van der Waals surface area contributed by atoms with Crippen LogP contribution < -0.4 is 5.73 Å². The number of allylic oxidation sites excluding steroid dienone is 2. The molecule has 0 aliphatic carbocycles. The van der Waals surface area contributed by atoms with Crippen LogP contribution in [0.2, 0.25) is 0 Å². The molecule has 3 unspecified atom stereocenters. The van der Waals surface area contributed by atoms with E-state index >= 15 is 0 Å². The van der Waals surface area contributed by atoms with E-state index < -0.39 is 45.1 Å². The van der Waals surface area contributed by atoms with Crippen LogP contribution >= 0.6 is 7.82 Å². The van der Waals surface area contributed by atoms with Gasteiger partial charge in [0.15, 0.2) is 0 Å². The number of aliphatic carboxylic acids is 1. The van der Waals surface area contributed by atoms with E-state index in [2.05, 4.69) is 26.0 Å². The van der Waals surface area contributed by atoms with Crippen molar-refractivity contribution in [3.8, 4) is 0 Å². The second-order valence-corrected chi connectivity index (χ2v) is 14.9. The lowest BCUT2D eigenvalue weighted by molar-refractivity contribution is -0.154. The van der Waals surface area contributed by atoms with Crippen LogP contribution in [0, 0.1) is 0 Å². The molecule has 0 aliphatic rings. The molecule has 0 aromatic heterocycles. The molecule has 0 saturated heterocycles. The summed E-state index contributed by atoms with van der Waals surface area (Å²) >= 11 is 0. The molecule has 10 nitrogen and oxygen atoms in total. The van der Waals surface area contributed by atoms with Gasteiger partial charge in [-0.1, -0.05) is 148 Å². The summed E-state index contributed by atoms with van der Waals surface area (Å²) in [5.74, 6) is -1.78. The Balaban J connectivity index is 4.28. The maximum absolute atomic E-state index is 12.6. The number of carbonyl (C=O) groups is 2. The third kappa shape index (κ3) is 34.9. The molecule has 0 fully saturated rings. The molecular weight excluding hydrogens is 645 g/mol. The van der Waals surface area contributed by atoms with Crippen molar-refractivity contribution >= 4 is 19.8 Å². The number of carboxylic acids is 1. The van der Waals surface area contributed by atoms with E-state index in [9.17, 15) is 19.0 Å². The Morgan fingerprint density at radius 3 is 1.59 bits per heavy atom. The Kier molecular flexibility index (Phi) is 34.2. The van der Waals surface area contributed by atoms with Crippen LogP contribution in [-0.2, 0) is 32.7 Å². The molecule has 0 rings (SSSR count). The third-order valence-corrected chi connectivity index (χ3v) is 9.50. The van der Waals surface area contributed by atoms with Crippen LogP contribution in [0.15, 0.2) is 12.2 Å². The minimum atomic E-state index is -4.60. The van der Waals surface area contributed by atoms with E-state index in [-0.39, 0.29) is 13.0 Å². The van der Waals surface area contributed by atoms with Gasteiger partial charge in [0.1, 0.15) is 12.1 Å². The average Bonchev–Trinajstić information content (AvgIpc) is 3.07. The Bertz CT molecular complexity index is 842. The number of carboxylic acid groups (broad SMARTS) is 1. The molecule has 0 aromatic carbocycles. The maximum Gasteiger partial charge on any atom is 0.472 e. The monoisotopic (exact) mass is 720 g/mol. The number of nitrogens with two attached hydrogens (primary N) is 1. The van der Waals surface area contributed by atoms with Crippen molar-refractivity contribution in [2.45, 2.75) is 193 Å². The fourth-order valence-corrected chi connectivity index (χ4v) is 6.20.